The first-order chi connectivity index (χ1) is 7.45. The second kappa shape index (κ2) is 5.10. The van der Waals surface area contributed by atoms with Crippen molar-refractivity contribution in [1.29, 1.82) is 0 Å². The minimum atomic E-state index is -0.630. The van der Waals surface area contributed by atoms with Gasteiger partial charge in [0.2, 0.25) is 5.91 Å². The van der Waals surface area contributed by atoms with Crippen molar-refractivity contribution in [2.24, 2.45) is 11.1 Å². The SMILES string of the molecule is CC(C)N(CCO)C(=O)C1(C(N)=S)CCC1. The van der Waals surface area contributed by atoms with Crippen LogP contribution >= 0.6 is 12.2 Å². The van der Waals surface area contributed by atoms with E-state index >= 15 is 0 Å². The highest BCUT2D eigenvalue weighted by Crippen LogP contribution is 2.43. The number of rotatable bonds is 5. The van der Waals surface area contributed by atoms with Gasteiger partial charge in [0.25, 0.3) is 0 Å². The van der Waals surface area contributed by atoms with Gasteiger partial charge in [0.15, 0.2) is 0 Å². The van der Waals surface area contributed by atoms with E-state index in [9.17, 15) is 4.79 Å². The quantitative estimate of drug-likeness (QED) is 0.698. The maximum Gasteiger partial charge on any atom is 0.235 e. The second-order valence-electron chi connectivity index (χ2n) is 4.62. The normalized spacial score (nSPS) is 18.0. The molecule has 0 saturated heterocycles. The lowest BCUT2D eigenvalue weighted by Gasteiger charge is -2.43. The molecule has 4 nitrogen and oxygen atoms in total. The van der Waals surface area contributed by atoms with Crippen molar-refractivity contribution in [1.82, 2.24) is 4.90 Å². The number of nitrogens with zero attached hydrogens (tertiary/aromatic N) is 1. The number of aliphatic hydroxyl groups is 1. The lowest BCUT2D eigenvalue weighted by Crippen LogP contribution is -2.56. The number of hydrogen-bond acceptors (Lipinski definition) is 3. The smallest absolute Gasteiger partial charge is 0.235 e. The van der Waals surface area contributed by atoms with Crippen LogP contribution in [0.2, 0.25) is 0 Å². The molecule has 1 rings (SSSR count). The molecule has 3 N–H and O–H groups in total. The van der Waals surface area contributed by atoms with Crippen LogP contribution in [0.25, 0.3) is 0 Å². The summed E-state index contributed by atoms with van der Waals surface area (Å²) in [5, 5.41) is 8.97. The van der Waals surface area contributed by atoms with Gasteiger partial charge in [0, 0.05) is 12.6 Å². The van der Waals surface area contributed by atoms with Crippen molar-refractivity contribution < 1.29 is 9.90 Å². The van der Waals surface area contributed by atoms with Crippen molar-refractivity contribution in [3.63, 3.8) is 0 Å². The van der Waals surface area contributed by atoms with Gasteiger partial charge in [0.05, 0.1) is 17.0 Å². The highest BCUT2D eigenvalue weighted by Gasteiger charge is 2.49. The Morgan fingerprint density at radius 2 is 2.12 bits per heavy atom. The summed E-state index contributed by atoms with van der Waals surface area (Å²) in [6, 6.07) is 0.0616. The summed E-state index contributed by atoms with van der Waals surface area (Å²) < 4.78 is 0. The molecule has 0 aromatic rings. The third kappa shape index (κ3) is 2.20. The molecule has 1 aliphatic rings. The Balaban J connectivity index is 2.84. The fourth-order valence-electron chi connectivity index (χ4n) is 2.07. The van der Waals surface area contributed by atoms with Crippen LogP contribution in [0.4, 0.5) is 0 Å². The molecule has 0 unspecified atom stereocenters. The largest absolute Gasteiger partial charge is 0.395 e. The van der Waals surface area contributed by atoms with E-state index in [1.165, 1.54) is 0 Å². The average Bonchev–Trinajstić information content (AvgIpc) is 2.10. The Hall–Kier alpha value is -0.680. The van der Waals surface area contributed by atoms with E-state index < -0.39 is 5.41 Å². The summed E-state index contributed by atoms with van der Waals surface area (Å²) in [4.78, 5) is 14.3. The van der Waals surface area contributed by atoms with Crippen LogP contribution in [0.5, 0.6) is 0 Å². The summed E-state index contributed by atoms with van der Waals surface area (Å²) >= 11 is 5.01. The zero-order valence-electron chi connectivity index (χ0n) is 9.90. The van der Waals surface area contributed by atoms with E-state index in [0.717, 1.165) is 19.3 Å². The van der Waals surface area contributed by atoms with Gasteiger partial charge in [-0.25, -0.2) is 0 Å². The fourth-order valence-corrected chi connectivity index (χ4v) is 2.36. The number of thiocarbonyl (C=S) groups is 1. The topological polar surface area (TPSA) is 66.6 Å². The first-order valence-electron chi connectivity index (χ1n) is 5.67. The first kappa shape index (κ1) is 13.4. The van der Waals surface area contributed by atoms with Gasteiger partial charge < -0.3 is 15.7 Å². The molecule has 0 radical (unpaired) electrons. The Morgan fingerprint density at radius 1 is 1.56 bits per heavy atom. The molecule has 0 aromatic carbocycles. The van der Waals surface area contributed by atoms with Crippen LogP contribution in [-0.2, 0) is 4.79 Å². The van der Waals surface area contributed by atoms with Crippen LogP contribution in [-0.4, -0.2) is 40.1 Å². The third-order valence-electron chi connectivity index (χ3n) is 3.31. The Morgan fingerprint density at radius 3 is 2.38 bits per heavy atom. The van der Waals surface area contributed by atoms with Crippen LogP contribution in [0.1, 0.15) is 33.1 Å². The highest BCUT2D eigenvalue weighted by atomic mass is 32.1. The molecule has 0 spiro atoms. The van der Waals surface area contributed by atoms with Crippen LogP contribution in [0.15, 0.2) is 0 Å². The van der Waals surface area contributed by atoms with E-state index in [1.807, 2.05) is 13.8 Å². The molecule has 5 heteroatoms. The zero-order valence-corrected chi connectivity index (χ0v) is 10.7. The van der Waals surface area contributed by atoms with Crippen LogP contribution in [0.3, 0.4) is 0 Å². The minimum Gasteiger partial charge on any atom is -0.395 e. The van der Waals surface area contributed by atoms with Crippen molar-refractivity contribution in [2.75, 3.05) is 13.2 Å². The third-order valence-corrected chi connectivity index (χ3v) is 3.70. The maximum absolute atomic E-state index is 12.4. The average molecular weight is 244 g/mol. The molecule has 1 amide bonds. The Labute approximate surface area is 102 Å². The van der Waals surface area contributed by atoms with Crippen LogP contribution < -0.4 is 5.73 Å². The van der Waals surface area contributed by atoms with E-state index in [1.54, 1.807) is 4.90 Å². The number of nitrogens with two attached hydrogens (primary N) is 1. The first-order valence-corrected chi connectivity index (χ1v) is 6.08. The van der Waals surface area contributed by atoms with Gasteiger partial charge in [-0.1, -0.05) is 18.6 Å². The second-order valence-corrected chi connectivity index (χ2v) is 5.06. The van der Waals surface area contributed by atoms with Gasteiger partial charge in [-0.05, 0) is 26.7 Å². The van der Waals surface area contributed by atoms with Crippen molar-refractivity contribution in [3.8, 4) is 0 Å². The number of aliphatic hydroxyl groups excluding tert-OH is 1. The highest BCUT2D eigenvalue weighted by molar-refractivity contribution is 7.80. The zero-order chi connectivity index (χ0) is 12.3. The van der Waals surface area contributed by atoms with Gasteiger partial charge >= 0.3 is 0 Å². The molecule has 1 fully saturated rings. The summed E-state index contributed by atoms with van der Waals surface area (Å²) in [5.41, 5.74) is 5.06. The molecular formula is C11H20N2O2S. The standard InChI is InChI=1S/C11H20N2O2S/c1-8(2)13(6-7-14)10(15)11(9(12)16)4-3-5-11/h8,14H,3-7H2,1-2H3,(H2,12,16). The number of amides is 1. The monoisotopic (exact) mass is 244 g/mol. The molecule has 0 aliphatic heterocycles. The van der Waals surface area contributed by atoms with Gasteiger partial charge in [-0.2, -0.15) is 0 Å². The predicted octanol–water partition coefficient (Wildman–Crippen LogP) is 0.672. The van der Waals surface area contributed by atoms with Crippen molar-refractivity contribution in [3.05, 3.63) is 0 Å². The van der Waals surface area contributed by atoms with E-state index in [2.05, 4.69) is 0 Å². The molecule has 0 bridgehead atoms. The van der Waals surface area contributed by atoms with Crippen molar-refractivity contribution in [2.45, 2.75) is 39.2 Å². The van der Waals surface area contributed by atoms with Gasteiger partial charge in [-0.15, -0.1) is 0 Å². The maximum atomic E-state index is 12.4. The van der Waals surface area contributed by atoms with Crippen molar-refractivity contribution >= 4 is 23.1 Å². The summed E-state index contributed by atoms with van der Waals surface area (Å²) in [7, 11) is 0. The molecule has 0 aromatic heterocycles. The van der Waals surface area contributed by atoms with Crippen LogP contribution in [0, 0.1) is 5.41 Å². The predicted molar refractivity (Wildman–Crippen MR) is 67.0 cm³/mol. The molecule has 1 saturated carbocycles. The number of carbonyl (C=O) groups is 1. The summed E-state index contributed by atoms with van der Waals surface area (Å²) in [6.45, 7) is 4.18. The van der Waals surface area contributed by atoms with Gasteiger partial charge in [0.1, 0.15) is 0 Å². The molecular weight excluding hydrogens is 224 g/mol. The molecule has 0 heterocycles. The molecule has 16 heavy (non-hydrogen) atoms. The molecule has 0 atom stereocenters. The Bertz CT molecular complexity index is 288. The fraction of sp³-hybridized carbons (Fsp3) is 0.818. The molecule has 92 valence electrons. The lowest BCUT2D eigenvalue weighted by atomic mass is 9.67. The number of carbonyl (C=O) groups excluding carboxylic acids is 1. The minimum absolute atomic E-state index is 0.0182. The van der Waals surface area contributed by atoms with Gasteiger partial charge in [-0.3, -0.25) is 4.79 Å². The summed E-state index contributed by atoms with van der Waals surface area (Å²) in [6.07, 6.45) is 2.49. The van der Waals surface area contributed by atoms with E-state index in [0.29, 0.717) is 11.5 Å². The number of hydrogen-bond donors (Lipinski definition) is 2. The Kier molecular flexibility index (Phi) is 4.27. The molecule has 1 aliphatic carbocycles. The lowest BCUT2D eigenvalue weighted by molar-refractivity contribution is -0.144. The summed E-state index contributed by atoms with van der Waals surface area (Å²) in [5.74, 6) is -0.0182. The van der Waals surface area contributed by atoms with E-state index in [-0.39, 0.29) is 18.6 Å². The van der Waals surface area contributed by atoms with E-state index in [4.69, 9.17) is 23.1 Å².